The summed E-state index contributed by atoms with van der Waals surface area (Å²) in [6, 6.07) is 17.4. The quantitative estimate of drug-likeness (QED) is 0.214. The number of nitrogens with zero attached hydrogens (tertiary/aromatic N) is 1. The number of amides is 1. The van der Waals surface area contributed by atoms with Crippen LogP contribution in [0, 0.1) is 6.92 Å². The van der Waals surface area contributed by atoms with E-state index in [1.165, 1.54) is 31.3 Å². The number of ether oxygens (including phenoxy) is 3. The molecule has 0 spiro atoms. The Hall–Kier alpha value is -4.59. The summed E-state index contributed by atoms with van der Waals surface area (Å²) in [6.45, 7) is 3.82. The Kier molecular flexibility index (Phi) is 7.29. The molecule has 8 heteroatoms. The van der Waals surface area contributed by atoms with Crippen LogP contribution in [-0.4, -0.2) is 43.6 Å². The van der Waals surface area contributed by atoms with E-state index in [2.05, 4.69) is 0 Å². The molecule has 3 aromatic rings. The first-order valence-electron chi connectivity index (χ1n) is 11.7. The van der Waals surface area contributed by atoms with Crippen LogP contribution in [-0.2, 0) is 14.3 Å². The average Bonchev–Trinajstić information content (AvgIpc) is 3.18. The first-order chi connectivity index (χ1) is 17.8. The van der Waals surface area contributed by atoms with Gasteiger partial charge in [0.15, 0.2) is 0 Å². The molecule has 0 aromatic heterocycles. The highest BCUT2D eigenvalue weighted by molar-refractivity contribution is 6.51. The van der Waals surface area contributed by atoms with Gasteiger partial charge in [0.2, 0.25) is 0 Å². The van der Waals surface area contributed by atoms with Crippen molar-refractivity contribution in [3.63, 3.8) is 0 Å². The molecule has 0 radical (unpaired) electrons. The number of esters is 1. The van der Waals surface area contributed by atoms with Crippen molar-refractivity contribution < 1.29 is 33.7 Å². The Morgan fingerprint density at radius 1 is 0.973 bits per heavy atom. The normalized spacial score (nSPS) is 16.5. The number of Topliss-reactive ketones (excluding diaryl/α,β-unsaturated/α-hetero) is 1. The third-order valence-electron chi connectivity index (χ3n) is 6.25. The number of aliphatic hydroxyl groups excluding tert-OH is 1. The van der Waals surface area contributed by atoms with Gasteiger partial charge in [0.1, 0.15) is 17.3 Å². The van der Waals surface area contributed by atoms with Crippen LogP contribution in [0.15, 0.2) is 72.3 Å². The highest BCUT2D eigenvalue weighted by Crippen LogP contribution is 2.44. The summed E-state index contributed by atoms with van der Waals surface area (Å²) in [5, 5.41) is 11.4. The number of hydrogen-bond acceptors (Lipinski definition) is 7. The Balaban J connectivity index is 1.91. The summed E-state index contributed by atoms with van der Waals surface area (Å²) in [6.07, 6.45) is 0. The molecule has 0 bridgehead atoms. The molecule has 8 nitrogen and oxygen atoms in total. The van der Waals surface area contributed by atoms with Gasteiger partial charge in [-0.3, -0.25) is 14.5 Å². The van der Waals surface area contributed by atoms with Crippen molar-refractivity contribution >= 4 is 29.1 Å². The topological polar surface area (TPSA) is 102 Å². The summed E-state index contributed by atoms with van der Waals surface area (Å²) in [5.41, 5.74) is 2.39. The fraction of sp³-hybridized carbons (Fsp3) is 0.207. The number of carbonyl (C=O) groups is 3. The maximum atomic E-state index is 13.4. The number of aryl methyl sites for hydroxylation is 1. The Labute approximate surface area is 214 Å². The van der Waals surface area contributed by atoms with E-state index in [1.807, 2.05) is 25.1 Å². The summed E-state index contributed by atoms with van der Waals surface area (Å²) in [5.74, 6) is -1.70. The van der Waals surface area contributed by atoms with E-state index in [0.29, 0.717) is 22.6 Å². The molecule has 1 N–H and O–H groups in total. The van der Waals surface area contributed by atoms with Gasteiger partial charge in [-0.25, -0.2) is 4.79 Å². The fourth-order valence-corrected chi connectivity index (χ4v) is 4.40. The molecule has 1 aliphatic heterocycles. The summed E-state index contributed by atoms with van der Waals surface area (Å²) in [4.78, 5) is 40.3. The van der Waals surface area contributed by atoms with E-state index in [1.54, 1.807) is 43.3 Å². The van der Waals surface area contributed by atoms with E-state index in [9.17, 15) is 19.5 Å². The number of aliphatic hydroxyl groups is 1. The molecule has 1 aliphatic rings. The summed E-state index contributed by atoms with van der Waals surface area (Å²) in [7, 11) is 2.94. The van der Waals surface area contributed by atoms with Crippen LogP contribution in [0.5, 0.6) is 11.5 Å². The molecular weight excluding hydrogens is 474 g/mol. The smallest absolute Gasteiger partial charge is 0.338 e. The van der Waals surface area contributed by atoms with Crippen LogP contribution >= 0.6 is 0 Å². The van der Waals surface area contributed by atoms with Crippen molar-refractivity contribution in [3.05, 3.63) is 94.6 Å². The number of rotatable bonds is 7. The first-order valence-corrected chi connectivity index (χ1v) is 11.7. The molecular formula is C29H27NO7. The van der Waals surface area contributed by atoms with Gasteiger partial charge < -0.3 is 19.3 Å². The predicted molar refractivity (Wildman–Crippen MR) is 138 cm³/mol. The van der Waals surface area contributed by atoms with Gasteiger partial charge >= 0.3 is 5.97 Å². The number of ketones is 1. The van der Waals surface area contributed by atoms with Crippen LogP contribution in [0.1, 0.15) is 40.0 Å². The second-order valence-electron chi connectivity index (χ2n) is 8.36. The van der Waals surface area contributed by atoms with Crippen LogP contribution in [0.4, 0.5) is 5.69 Å². The number of carbonyl (C=O) groups excluding carboxylic acids is 3. The lowest BCUT2D eigenvalue weighted by atomic mass is 9.92. The largest absolute Gasteiger partial charge is 0.507 e. The van der Waals surface area contributed by atoms with E-state index in [4.69, 9.17) is 14.2 Å². The second kappa shape index (κ2) is 10.6. The van der Waals surface area contributed by atoms with Gasteiger partial charge in [0.05, 0.1) is 43.6 Å². The predicted octanol–water partition coefficient (Wildman–Crippen LogP) is 4.82. The minimum atomic E-state index is -0.915. The van der Waals surface area contributed by atoms with Crippen LogP contribution < -0.4 is 14.4 Å². The third-order valence-corrected chi connectivity index (χ3v) is 6.25. The Bertz CT molecular complexity index is 1390. The van der Waals surface area contributed by atoms with Gasteiger partial charge in [-0.1, -0.05) is 24.3 Å². The lowest BCUT2D eigenvalue weighted by Gasteiger charge is -2.27. The molecule has 1 atom stereocenters. The molecule has 190 valence electrons. The SMILES string of the molecule is CCOC(=O)c1ccc(N2C(=O)C(=O)/C(=C(/O)c3ccc(OC)cc3OC)C2c2ccccc2C)cc1. The van der Waals surface area contributed by atoms with E-state index in [-0.39, 0.29) is 29.3 Å². The molecule has 37 heavy (non-hydrogen) atoms. The average molecular weight is 502 g/mol. The fourth-order valence-electron chi connectivity index (χ4n) is 4.40. The molecule has 1 heterocycles. The highest BCUT2D eigenvalue weighted by atomic mass is 16.5. The molecule has 1 amide bonds. The van der Waals surface area contributed by atoms with Crippen molar-refractivity contribution in [2.75, 3.05) is 25.7 Å². The number of hydrogen-bond donors (Lipinski definition) is 1. The van der Waals surface area contributed by atoms with Crippen LogP contribution in [0.2, 0.25) is 0 Å². The monoisotopic (exact) mass is 501 g/mol. The Morgan fingerprint density at radius 2 is 1.68 bits per heavy atom. The molecule has 0 aliphatic carbocycles. The molecule has 1 fully saturated rings. The zero-order valence-corrected chi connectivity index (χ0v) is 21.0. The zero-order chi connectivity index (χ0) is 26.7. The van der Waals surface area contributed by atoms with Crippen molar-refractivity contribution in [1.82, 2.24) is 0 Å². The highest BCUT2D eigenvalue weighted by Gasteiger charge is 2.47. The van der Waals surface area contributed by atoms with Gasteiger partial charge in [-0.15, -0.1) is 0 Å². The van der Waals surface area contributed by atoms with Gasteiger partial charge in [-0.2, -0.15) is 0 Å². The van der Waals surface area contributed by atoms with Gasteiger partial charge in [0.25, 0.3) is 11.7 Å². The van der Waals surface area contributed by atoms with E-state index >= 15 is 0 Å². The molecule has 3 aromatic carbocycles. The lowest BCUT2D eigenvalue weighted by Crippen LogP contribution is -2.29. The zero-order valence-electron chi connectivity index (χ0n) is 21.0. The van der Waals surface area contributed by atoms with Crippen molar-refractivity contribution in [3.8, 4) is 11.5 Å². The molecule has 4 rings (SSSR count). The molecule has 0 saturated carbocycles. The van der Waals surface area contributed by atoms with E-state index < -0.39 is 23.7 Å². The molecule has 1 saturated heterocycles. The van der Waals surface area contributed by atoms with Crippen molar-refractivity contribution in [2.24, 2.45) is 0 Å². The van der Waals surface area contributed by atoms with Crippen molar-refractivity contribution in [1.29, 1.82) is 0 Å². The number of methoxy groups -OCH3 is 2. The number of anilines is 1. The molecule has 1 unspecified atom stereocenters. The van der Waals surface area contributed by atoms with Crippen molar-refractivity contribution in [2.45, 2.75) is 19.9 Å². The Morgan fingerprint density at radius 3 is 2.30 bits per heavy atom. The van der Waals surface area contributed by atoms with Gasteiger partial charge in [-0.05, 0) is 61.4 Å². The van der Waals surface area contributed by atoms with E-state index in [0.717, 1.165) is 5.56 Å². The third kappa shape index (κ3) is 4.65. The maximum Gasteiger partial charge on any atom is 0.338 e. The minimum Gasteiger partial charge on any atom is -0.507 e. The second-order valence-corrected chi connectivity index (χ2v) is 8.36. The first kappa shape index (κ1) is 25.5. The minimum absolute atomic E-state index is 0.0720. The van der Waals surface area contributed by atoms with Crippen LogP contribution in [0.3, 0.4) is 0 Å². The summed E-state index contributed by atoms with van der Waals surface area (Å²) < 4.78 is 15.7. The van der Waals surface area contributed by atoms with Crippen LogP contribution in [0.25, 0.3) is 5.76 Å². The lowest BCUT2D eigenvalue weighted by molar-refractivity contribution is -0.132. The standard InChI is InChI=1S/C29H27NO7/c1-5-37-29(34)18-10-12-19(13-11-18)30-25(21-9-7-6-8-17(21)2)24(27(32)28(30)33)26(31)22-15-14-20(35-3)16-23(22)36-4/h6-16,25,31H,5H2,1-4H3/b26-24+. The summed E-state index contributed by atoms with van der Waals surface area (Å²) >= 11 is 0. The maximum absolute atomic E-state index is 13.4. The number of benzene rings is 3. The van der Waals surface area contributed by atoms with Gasteiger partial charge in [0, 0.05) is 11.8 Å².